The van der Waals surface area contributed by atoms with Crippen molar-refractivity contribution in [2.24, 2.45) is 0 Å². The largest absolute Gasteiger partial charge is 0.497 e. The van der Waals surface area contributed by atoms with Crippen LogP contribution in [0.15, 0.2) is 65.6 Å². The lowest BCUT2D eigenvalue weighted by atomic mass is 10.1. The van der Waals surface area contributed by atoms with E-state index in [4.69, 9.17) is 4.74 Å². The molecule has 146 valence electrons. The fourth-order valence-corrected chi connectivity index (χ4v) is 3.00. The van der Waals surface area contributed by atoms with Gasteiger partial charge in [0.25, 0.3) is 5.56 Å². The highest BCUT2D eigenvalue weighted by molar-refractivity contribution is 5.93. The predicted molar refractivity (Wildman–Crippen MR) is 107 cm³/mol. The number of fused-ring (bicyclic) bond motifs is 1. The molecule has 0 radical (unpaired) electrons. The van der Waals surface area contributed by atoms with E-state index >= 15 is 0 Å². The average molecular weight is 392 g/mol. The fourth-order valence-electron chi connectivity index (χ4n) is 3.00. The molecule has 0 spiro atoms. The number of hydrogen-bond acceptors (Lipinski definition) is 4. The lowest BCUT2D eigenvalue weighted by Crippen LogP contribution is -2.29. The third-order valence-electron chi connectivity index (χ3n) is 4.45. The number of benzene rings is 2. The Balaban J connectivity index is 1.56. The summed E-state index contributed by atoms with van der Waals surface area (Å²) in [6.07, 6.45) is 1.81. The summed E-state index contributed by atoms with van der Waals surface area (Å²) in [7, 11) is 1.44. The molecule has 1 amide bonds. The fraction of sp³-hybridized carbons (Fsp3) is 0.0952. The average Bonchev–Trinajstić information content (AvgIpc) is 3.17. The van der Waals surface area contributed by atoms with Gasteiger partial charge in [-0.2, -0.15) is 5.10 Å². The van der Waals surface area contributed by atoms with E-state index in [0.29, 0.717) is 11.4 Å². The summed E-state index contributed by atoms with van der Waals surface area (Å²) in [6, 6.07) is 14.4. The van der Waals surface area contributed by atoms with Crippen LogP contribution in [0.2, 0.25) is 0 Å². The molecule has 4 aromatic rings. The molecule has 0 saturated carbocycles. The van der Waals surface area contributed by atoms with Crippen molar-refractivity contribution in [1.29, 1.82) is 0 Å². The number of aromatic nitrogens is 3. The number of nitrogens with one attached hydrogen (secondary N) is 2. The normalized spacial score (nSPS) is 10.8. The molecular formula is C21H17FN4O3. The smallest absolute Gasteiger partial charge is 0.267 e. The van der Waals surface area contributed by atoms with Gasteiger partial charge in [-0.3, -0.25) is 9.59 Å². The number of H-pyrrole nitrogens is 1. The number of anilines is 1. The summed E-state index contributed by atoms with van der Waals surface area (Å²) in [5, 5.41) is 7.90. The van der Waals surface area contributed by atoms with Crippen molar-refractivity contribution in [3.63, 3.8) is 0 Å². The highest BCUT2D eigenvalue weighted by Gasteiger charge is 2.12. The first-order valence-corrected chi connectivity index (χ1v) is 8.82. The summed E-state index contributed by atoms with van der Waals surface area (Å²) in [4.78, 5) is 27.6. The first-order valence-electron chi connectivity index (χ1n) is 8.82. The van der Waals surface area contributed by atoms with Crippen LogP contribution in [0.4, 0.5) is 10.1 Å². The van der Waals surface area contributed by atoms with Crippen LogP contribution in [-0.4, -0.2) is 27.8 Å². The molecule has 29 heavy (non-hydrogen) atoms. The Labute approximate surface area is 164 Å². The van der Waals surface area contributed by atoms with Gasteiger partial charge in [-0.15, -0.1) is 0 Å². The molecule has 0 bridgehead atoms. The molecule has 2 N–H and O–H groups in total. The van der Waals surface area contributed by atoms with Gasteiger partial charge in [0, 0.05) is 35.1 Å². The minimum absolute atomic E-state index is 0.206. The van der Waals surface area contributed by atoms with Crippen LogP contribution >= 0.6 is 0 Å². The number of halogens is 1. The second-order valence-corrected chi connectivity index (χ2v) is 6.39. The Morgan fingerprint density at radius 1 is 1.17 bits per heavy atom. The zero-order valence-electron chi connectivity index (χ0n) is 15.5. The Hall–Kier alpha value is -3.94. The van der Waals surface area contributed by atoms with Crippen LogP contribution in [0.1, 0.15) is 0 Å². The highest BCUT2D eigenvalue weighted by Crippen LogP contribution is 2.24. The van der Waals surface area contributed by atoms with Crippen LogP contribution in [0.25, 0.3) is 22.2 Å². The van der Waals surface area contributed by atoms with Crippen molar-refractivity contribution < 1.29 is 13.9 Å². The number of carbonyl (C=O) groups excluding carboxylic acids is 1. The molecule has 0 unspecified atom stereocenters. The quantitative estimate of drug-likeness (QED) is 0.546. The van der Waals surface area contributed by atoms with Crippen LogP contribution < -0.4 is 15.6 Å². The summed E-state index contributed by atoms with van der Waals surface area (Å²) in [6.45, 7) is -0.298. The Morgan fingerprint density at radius 3 is 2.83 bits per heavy atom. The van der Waals surface area contributed by atoms with Gasteiger partial charge in [-0.1, -0.05) is 6.07 Å². The van der Waals surface area contributed by atoms with Crippen molar-refractivity contribution >= 4 is 22.5 Å². The maximum atomic E-state index is 14.3. The monoisotopic (exact) mass is 392 g/mol. The first-order chi connectivity index (χ1) is 14.0. The lowest BCUT2D eigenvalue weighted by molar-refractivity contribution is -0.117. The maximum Gasteiger partial charge on any atom is 0.267 e. The Kier molecular flexibility index (Phi) is 4.82. The summed E-state index contributed by atoms with van der Waals surface area (Å²) in [5.74, 6) is -0.582. The highest BCUT2D eigenvalue weighted by atomic mass is 19.1. The van der Waals surface area contributed by atoms with Crippen LogP contribution in [0.5, 0.6) is 5.75 Å². The van der Waals surface area contributed by atoms with Gasteiger partial charge in [0.15, 0.2) is 0 Å². The number of carbonyl (C=O) groups is 1. The van der Waals surface area contributed by atoms with E-state index in [2.05, 4.69) is 15.4 Å². The van der Waals surface area contributed by atoms with Gasteiger partial charge in [0.2, 0.25) is 5.91 Å². The minimum atomic E-state index is -0.536. The molecule has 0 fully saturated rings. The van der Waals surface area contributed by atoms with Crippen LogP contribution in [-0.2, 0) is 11.3 Å². The zero-order valence-corrected chi connectivity index (χ0v) is 15.5. The molecule has 2 heterocycles. The number of amides is 1. The molecule has 2 aromatic heterocycles. The third-order valence-corrected chi connectivity index (χ3v) is 4.45. The molecule has 0 atom stereocenters. The third kappa shape index (κ3) is 3.86. The number of rotatable bonds is 5. The van der Waals surface area contributed by atoms with Crippen molar-refractivity contribution in [3.05, 3.63) is 77.0 Å². The number of aromatic amines is 1. The molecule has 4 rings (SSSR count). The predicted octanol–water partition coefficient (Wildman–Crippen LogP) is 3.18. The number of methoxy groups -OCH3 is 1. The first kappa shape index (κ1) is 18.4. The number of hydrogen-bond donors (Lipinski definition) is 2. The van der Waals surface area contributed by atoms with Crippen molar-refractivity contribution in [3.8, 4) is 17.0 Å². The zero-order chi connectivity index (χ0) is 20.4. The summed E-state index contributed by atoms with van der Waals surface area (Å²) >= 11 is 0. The van der Waals surface area contributed by atoms with E-state index in [-0.39, 0.29) is 17.8 Å². The van der Waals surface area contributed by atoms with Gasteiger partial charge >= 0.3 is 0 Å². The van der Waals surface area contributed by atoms with Gasteiger partial charge in [0.1, 0.15) is 18.1 Å². The van der Waals surface area contributed by atoms with E-state index in [1.807, 2.05) is 18.3 Å². The summed E-state index contributed by atoms with van der Waals surface area (Å²) in [5.41, 5.74) is 1.46. The molecule has 0 aliphatic carbocycles. The molecule has 7 nitrogen and oxygen atoms in total. The molecule has 0 aliphatic rings. The molecule has 8 heteroatoms. The summed E-state index contributed by atoms with van der Waals surface area (Å²) < 4.78 is 20.3. The minimum Gasteiger partial charge on any atom is -0.497 e. The Morgan fingerprint density at radius 2 is 2.03 bits per heavy atom. The molecular weight excluding hydrogens is 375 g/mol. The lowest BCUT2D eigenvalue weighted by Gasteiger charge is -2.09. The van der Waals surface area contributed by atoms with E-state index in [1.165, 1.54) is 31.4 Å². The van der Waals surface area contributed by atoms with Crippen molar-refractivity contribution in [2.45, 2.75) is 6.54 Å². The van der Waals surface area contributed by atoms with Crippen LogP contribution in [0.3, 0.4) is 0 Å². The second-order valence-electron chi connectivity index (χ2n) is 6.39. The van der Waals surface area contributed by atoms with E-state index < -0.39 is 17.3 Å². The van der Waals surface area contributed by atoms with Gasteiger partial charge < -0.3 is 15.0 Å². The van der Waals surface area contributed by atoms with Crippen LogP contribution in [0, 0.1) is 5.82 Å². The van der Waals surface area contributed by atoms with Crippen molar-refractivity contribution in [1.82, 2.24) is 14.8 Å². The Bertz CT molecular complexity index is 1260. The number of nitrogens with zero attached hydrogens (tertiary/aromatic N) is 2. The van der Waals surface area contributed by atoms with E-state index in [0.717, 1.165) is 15.6 Å². The molecule has 0 aliphatic heterocycles. The van der Waals surface area contributed by atoms with E-state index in [1.54, 1.807) is 18.2 Å². The van der Waals surface area contributed by atoms with Gasteiger partial charge in [-0.25, -0.2) is 9.07 Å². The number of ether oxygens (including phenoxy) is 1. The standard InChI is InChI=1S/C21H17FN4O3/c1-29-15-4-5-16(17(22)11-15)18-6-7-21(28)26(25-18)12-20(27)24-14-3-2-13-8-9-23-19(13)10-14/h2-11,23H,12H2,1H3,(H,24,27). The van der Waals surface area contributed by atoms with Gasteiger partial charge in [-0.05, 0) is 41.8 Å². The SMILES string of the molecule is COc1ccc(-c2ccc(=O)n(CC(=O)Nc3ccc4cc[nH]c4c3)n2)c(F)c1. The topological polar surface area (TPSA) is 89.0 Å². The molecule has 0 saturated heterocycles. The van der Waals surface area contributed by atoms with Gasteiger partial charge in [0.05, 0.1) is 12.8 Å². The second kappa shape index (κ2) is 7.59. The van der Waals surface area contributed by atoms with E-state index in [9.17, 15) is 14.0 Å². The maximum absolute atomic E-state index is 14.3. The molecule has 2 aromatic carbocycles. The van der Waals surface area contributed by atoms with Crippen molar-refractivity contribution in [2.75, 3.05) is 12.4 Å².